The summed E-state index contributed by atoms with van der Waals surface area (Å²) in [4.78, 5) is 0. The molecule has 2 rings (SSSR count). The van der Waals surface area contributed by atoms with E-state index in [1.165, 1.54) is 11.1 Å². The molecule has 0 aliphatic rings. The number of nitrogens with one attached hydrogen (secondary N) is 1. The van der Waals surface area contributed by atoms with Gasteiger partial charge in [-0.25, -0.2) is 0 Å². The molecule has 0 amide bonds. The van der Waals surface area contributed by atoms with E-state index in [9.17, 15) is 0 Å². The number of hydrogen-bond acceptors (Lipinski definition) is 2. The van der Waals surface area contributed by atoms with Crippen LogP contribution in [0.3, 0.4) is 0 Å². The molecule has 0 fully saturated rings. The fraction of sp³-hybridized carbons (Fsp3) is 0.333. The van der Waals surface area contributed by atoms with E-state index in [4.69, 9.17) is 16.3 Å². The third-order valence-corrected chi connectivity index (χ3v) is 3.84. The van der Waals surface area contributed by atoms with Crippen molar-refractivity contribution in [2.75, 3.05) is 20.7 Å². The normalized spacial score (nSPS) is 12.1. The lowest BCUT2D eigenvalue weighted by Crippen LogP contribution is -2.23. The van der Waals surface area contributed by atoms with E-state index < -0.39 is 0 Å². The zero-order valence-corrected chi connectivity index (χ0v) is 13.4. The van der Waals surface area contributed by atoms with E-state index in [1.807, 2.05) is 37.4 Å². The van der Waals surface area contributed by atoms with Gasteiger partial charge < -0.3 is 10.1 Å². The van der Waals surface area contributed by atoms with E-state index in [0.717, 1.165) is 30.2 Å². The maximum absolute atomic E-state index is 6.08. The third-order valence-electron chi connectivity index (χ3n) is 3.61. The maximum atomic E-state index is 6.08. The Morgan fingerprint density at radius 1 is 1.10 bits per heavy atom. The Bertz CT molecular complexity index is 571. The van der Waals surface area contributed by atoms with Crippen LogP contribution in [0.15, 0.2) is 48.5 Å². The van der Waals surface area contributed by atoms with Gasteiger partial charge in [-0.15, -0.1) is 0 Å². The summed E-state index contributed by atoms with van der Waals surface area (Å²) in [6, 6.07) is 16.3. The van der Waals surface area contributed by atoms with Crippen molar-refractivity contribution in [3.05, 3.63) is 64.7 Å². The van der Waals surface area contributed by atoms with E-state index in [2.05, 4.69) is 23.5 Å². The van der Waals surface area contributed by atoms with Crippen molar-refractivity contribution in [3.63, 3.8) is 0 Å². The SMILES string of the molecule is CNCC(Cc1cccc(Cl)c1)Cc1ccccc1OC. The maximum Gasteiger partial charge on any atom is 0.122 e. The number of ether oxygens (including phenoxy) is 1. The third kappa shape index (κ3) is 4.76. The highest BCUT2D eigenvalue weighted by Crippen LogP contribution is 2.23. The van der Waals surface area contributed by atoms with E-state index >= 15 is 0 Å². The molecule has 1 atom stereocenters. The standard InChI is InChI=1S/C18H22ClNO/c1-20-13-15(10-14-6-5-8-17(19)12-14)11-16-7-3-4-9-18(16)21-2/h3-9,12,15,20H,10-11,13H2,1-2H3. The van der Waals surface area contributed by atoms with Crippen LogP contribution in [0.25, 0.3) is 0 Å². The van der Waals surface area contributed by atoms with E-state index in [1.54, 1.807) is 7.11 Å². The highest BCUT2D eigenvalue weighted by Gasteiger charge is 2.13. The molecule has 2 aromatic carbocycles. The van der Waals surface area contributed by atoms with Gasteiger partial charge in [-0.3, -0.25) is 0 Å². The van der Waals surface area contributed by atoms with Gasteiger partial charge in [-0.1, -0.05) is 41.9 Å². The molecule has 2 aromatic rings. The van der Waals surface area contributed by atoms with Crippen LogP contribution in [0.2, 0.25) is 5.02 Å². The molecule has 0 saturated heterocycles. The molecule has 112 valence electrons. The zero-order valence-electron chi connectivity index (χ0n) is 12.6. The van der Waals surface area contributed by atoms with Crippen molar-refractivity contribution in [3.8, 4) is 5.75 Å². The minimum Gasteiger partial charge on any atom is -0.496 e. The molecule has 21 heavy (non-hydrogen) atoms. The fourth-order valence-electron chi connectivity index (χ4n) is 2.69. The smallest absolute Gasteiger partial charge is 0.122 e. The molecule has 0 heterocycles. The molecule has 0 spiro atoms. The number of methoxy groups -OCH3 is 1. The van der Waals surface area contributed by atoms with E-state index in [0.29, 0.717) is 5.92 Å². The molecule has 1 unspecified atom stereocenters. The second-order valence-electron chi connectivity index (χ2n) is 5.27. The number of benzene rings is 2. The van der Waals surface area contributed by atoms with Gasteiger partial charge in [-0.05, 0) is 61.7 Å². The van der Waals surface area contributed by atoms with Gasteiger partial charge in [0.25, 0.3) is 0 Å². The van der Waals surface area contributed by atoms with Gasteiger partial charge >= 0.3 is 0 Å². The Balaban J connectivity index is 2.11. The highest BCUT2D eigenvalue weighted by atomic mass is 35.5. The van der Waals surface area contributed by atoms with Crippen LogP contribution in [0.1, 0.15) is 11.1 Å². The molecular formula is C18H22ClNO. The first kappa shape index (κ1) is 15.9. The van der Waals surface area contributed by atoms with Gasteiger partial charge in [0, 0.05) is 5.02 Å². The largest absolute Gasteiger partial charge is 0.496 e. The monoisotopic (exact) mass is 303 g/mol. The minimum atomic E-state index is 0.504. The summed E-state index contributed by atoms with van der Waals surface area (Å²) in [5.74, 6) is 1.47. The molecule has 1 N–H and O–H groups in total. The Morgan fingerprint density at radius 2 is 1.90 bits per heavy atom. The minimum absolute atomic E-state index is 0.504. The summed E-state index contributed by atoms with van der Waals surface area (Å²) in [7, 11) is 3.72. The summed E-state index contributed by atoms with van der Waals surface area (Å²) < 4.78 is 5.45. The van der Waals surface area contributed by atoms with Crippen LogP contribution in [0.4, 0.5) is 0 Å². The van der Waals surface area contributed by atoms with Crippen molar-refractivity contribution in [1.29, 1.82) is 0 Å². The lowest BCUT2D eigenvalue weighted by atomic mass is 9.92. The highest BCUT2D eigenvalue weighted by molar-refractivity contribution is 6.30. The number of rotatable bonds is 7. The Hall–Kier alpha value is -1.51. The summed E-state index contributed by atoms with van der Waals surface area (Å²) in [6.07, 6.45) is 1.98. The molecular weight excluding hydrogens is 282 g/mol. The summed E-state index contributed by atoms with van der Waals surface area (Å²) in [5, 5.41) is 4.09. The zero-order chi connectivity index (χ0) is 15.1. The van der Waals surface area contributed by atoms with Crippen molar-refractivity contribution in [1.82, 2.24) is 5.32 Å². The fourth-order valence-corrected chi connectivity index (χ4v) is 2.90. The second kappa shape index (κ2) is 8.06. The molecule has 3 heteroatoms. The van der Waals surface area contributed by atoms with Gasteiger partial charge in [0.1, 0.15) is 5.75 Å². The number of para-hydroxylation sites is 1. The predicted molar refractivity (Wildman–Crippen MR) is 89.3 cm³/mol. The topological polar surface area (TPSA) is 21.3 Å². The molecule has 0 radical (unpaired) electrons. The molecule has 0 bridgehead atoms. The second-order valence-corrected chi connectivity index (χ2v) is 5.71. The van der Waals surface area contributed by atoms with Crippen LogP contribution in [0.5, 0.6) is 5.75 Å². The quantitative estimate of drug-likeness (QED) is 0.835. The molecule has 0 aliphatic heterocycles. The van der Waals surface area contributed by atoms with Crippen LogP contribution in [-0.4, -0.2) is 20.7 Å². The Morgan fingerprint density at radius 3 is 2.62 bits per heavy atom. The van der Waals surface area contributed by atoms with Gasteiger partial charge in [0.15, 0.2) is 0 Å². The average molecular weight is 304 g/mol. The molecule has 0 saturated carbocycles. The van der Waals surface area contributed by atoms with Gasteiger partial charge in [-0.2, -0.15) is 0 Å². The Labute approximate surface area is 132 Å². The molecule has 0 aromatic heterocycles. The van der Waals surface area contributed by atoms with Gasteiger partial charge in [0.2, 0.25) is 0 Å². The van der Waals surface area contributed by atoms with Crippen LogP contribution in [-0.2, 0) is 12.8 Å². The average Bonchev–Trinajstić information content (AvgIpc) is 2.48. The summed E-state index contributed by atoms with van der Waals surface area (Å²) in [5.41, 5.74) is 2.53. The molecule has 0 aliphatic carbocycles. The lowest BCUT2D eigenvalue weighted by molar-refractivity contribution is 0.402. The number of halogens is 1. The van der Waals surface area contributed by atoms with Crippen molar-refractivity contribution in [2.45, 2.75) is 12.8 Å². The molecule has 2 nitrogen and oxygen atoms in total. The van der Waals surface area contributed by atoms with Crippen LogP contribution < -0.4 is 10.1 Å². The summed E-state index contributed by atoms with van der Waals surface area (Å²) in [6.45, 7) is 0.963. The van der Waals surface area contributed by atoms with Crippen molar-refractivity contribution in [2.24, 2.45) is 5.92 Å². The lowest BCUT2D eigenvalue weighted by Gasteiger charge is -2.18. The van der Waals surface area contributed by atoms with Crippen LogP contribution >= 0.6 is 11.6 Å². The van der Waals surface area contributed by atoms with Crippen LogP contribution in [0, 0.1) is 5.92 Å². The summed E-state index contributed by atoms with van der Waals surface area (Å²) >= 11 is 6.08. The Kier molecular flexibility index (Phi) is 6.09. The van der Waals surface area contributed by atoms with Gasteiger partial charge in [0.05, 0.1) is 7.11 Å². The first-order valence-electron chi connectivity index (χ1n) is 7.24. The predicted octanol–water partition coefficient (Wildman–Crippen LogP) is 3.97. The first-order chi connectivity index (χ1) is 10.2. The van der Waals surface area contributed by atoms with E-state index in [-0.39, 0.29) is 0 Å². The first-order valence-corrected chi connectivity index (χ1v) is 7.61. The number of hydrogen-bond donors (Lipinski definition) is 1. The van der Waals surface area contributed by atoms with Crippen molar-refractivity contribution >= 4 is 11.6 Å². The van der Waals surface area contributed by atoms with Crippen molar-refractivity contribution < 1.29 is 4.74 Å².